The highest BCUT2D eigenvalue weighted by Gasteiger charge is 2.29. The van der Waals surface area contributed by atoms with Crippen molar-refractivity contribution in [3.8, 4) is 11.4 Å². The smallest absolute Gasteiger partial charge is 0.202 e. The Hall–Kier alpha value is -0.940. The molecule has 0 spiro atoms. The average molecular weight is 460 g/mol. The van der Waals surface area contributed by atoms with E-state index in [4.69, 9.17) is 10.2 Å². The Labute approximate surface area is 198 Å². The van der Waals surface area contributed by atoms with Gasteiger partial charge in [-0.1, -0.05) is 95.9 Å². The van der Waals surface area contributed by atoms with Crippen molar-refractivity contribution in [2.75, 3.05) is 0 Å². The zero-order valence-corrected chi connectivity index (χ0v) is 22.4. The van der Waals surface area contributed by atoms with E-state index in [1.807, 2.05) is 21.6 Å². The van der Waals surface area contributed by atoms with Gasteiger partial charge < -0.3 is 0 Å². The molecule has 3 nitrogen and oxygen atoms in total. The van der Waals surface area contributed by atoms with Gasteiger partial charge in [0.1, 0.15) is 0 Å². The van der Waals surface area contributed by atoms with Crippen LogP contribution in [0.1, 0.15) is 106 Å². The van der Waals surface area contributed by atoms with Crippen LogP contribution in [-0.4, -0.2) is 19.5 Å². The van der Waals surface area contributed by atoms with Crippen molar-refractivity contribution in [2.24, 2.45) is 5.41 Å². The number of hydrogen-bond acceptors (Lipinski definition) is 4. The van der Waals surface area contributed by atoms with Crippen LogP contribution in [0.3, 0.4) is 0 Å². The Morgan fingerprint density at radius 1 is 0.871 bits per heavy atom. The summed E-state index contributed by atoms with van der Waals surface area (Å²) < 4.78 is 2.64. The third kappa shape index (κ3) is 6.77. The first-order chi connectivity index (χ1) is 14.4. The molecule has 0 N–H and O–H groups in total. The standard InChI is InChI=1S/C26H41N3S2/c1-24(2,3)18-26(7,8)31-30-23-28-27-22(29(23)21-12-10-9-11-13-21)19-14-16-20(17-15-19)25(4,5)6/h14-17,21H,9-13,18H2,1-8H3. The van der Waals surface area contributed by atoms with Gasteiger partial charge in [0.2, 0.25) is 5.16 Å². The first-order valence-corrected chi connectivity index (χ1v) is 13.9. The van der Waals surface area contributed by atoms with Crippen LogP contribution in [0, 0.1) is 5.41 Å². The average Bonchev–Trinajstić information content (AvgIpc) is 3.09. The largest absolute Gasteiger partial charge is 0.298 e. The van der Waals surface area contributed by atoms with Crippen LogP contribution < -0.4 is 0 Å². The molecule has 5 heteroatoms. The van der Waals surface area contributed by atoms with Crippen molar-refractivity contribution in [3.63, 3.8) is 0 Å². The first-order valence-electron chi connectivity index (χ1n) is 11.8. The van der Waals surface area contributed by atoms with E-state index >= 15 is 0 Å². The quantitative estimate of drug-likeness (QED) is 0.404. The molecule has 0 radical (unpaired) electrons. The maximum atomic E-state index is 4.71. The van der Waals surface area contributed by atoms with Crippen LogP contribution in [0.15, 0.2) is 29.4 Å². The molecule has 2 aromatic rings. The molecule has 1 aliphatic carbocycles. The number of aromatic nitrogens is 3. The second-order valence-electron chi connectivity index (χ2n) is 12.0. The number of rotatable bonds is 6. The van der Waals surface area contributed by atoms with Crippen molar-refractivity contribution in [1.29, 1.82) is 0 Å². The highest BCUT2D eigenvalue weighted by Crippen LogP contribution is 2.47. The zero-order valence-electron chi connectivity index (χ0n) is 20.8. The third-order valence-electron chi connectivity index (χ3n) is 5.91. The van der Waals surface area contributed by atoms with E-state index in [0.717, 1.165) is 17.4 Å². The van der Waals surface area contributed by atoms with E-state index in [0.29, 0.717) is 11.5 Å². The van der Waals surface area contributed by atoms with Crippen molar-refractivity contribution in [3.05, 3.63) is 29.8 Å². The minimum absolute atomic E-state index is 0.159. The number of nitrogens with zero attached hydrogens (tertiary/aromatic N) is 3. The Balaban J connectivity index is 1.89. The van der Waals surface area contributed by atoms with Crippen LogP contribution in [-0.2, 0) is 5.41 Å². The van der Waals surface area contributed by atoms with E-state index in [1.54, 1.807) is 0 Å². The van der Waals surface area contributed by atoms with Gasteiger partial charge in [0.25, 0.3) is 0 Å². The van der Waals surface area contributed by atoms with Gasteiger partial charge in [-0.3, -0.25) is 4.57 Å². The lowest BCUT2D eigenvalue weighted by Crippen LogP contribution is -2.22. The molecule has 1 aromatic carbocycles. The van der Waals surface area contributed by atoms with Crippen LogP contribution >= 0.6 is 21.6 Å². The molecule has 0 bridgehead atoms. The molecule has 3 rings (SSSR count). The summed E-state index contributed by atoms with van der Waals surface area (Å²) in [6, 6.07) is 9.48. The number of hydrogen-bond donors (Lipinski definition) is 0. The molecule has 0 atom stereocenters. The predicted octanol–water partition coefficient (Wildman–Crippen LogP) is 8.70. The van der Waals surface area contributed by atoms with E-state index < -0.39 is 0 Å². The molecule has 1 fully saturated rings. The summed E-state index contributed by atoms with van der Waals surface area (Å²) >= 11 is 0. The normalized spacial score (nSPS) is 16.6. The van der Waals surface area contributed by atoms with Crippen LogP contribution in [0.4, 0.5) is 0 Å². The molecule has 1 aliphatic rings. The molecule has 1 aromatic heterocycles. The summed E-state index contributed by atoms with van der Waals surface area (Å²) in [6.07, 6.45) is 7.58. The Morgan fingerprint density at radius 3 is 2.03 bits per heavy atom. The maximum absolute atomic E-state index is 4.71. The van der Waals surface area contributed by atoms with Gasteiger partial charge in [0.05, 0.1) is 0 Å². The number of benzene rings is 1. The molecule has 0 unspecified atom stereocenters. The van der Waals surface area contributed by atoms with Crippen LogP contribution in [0.2, 0.25) is 0 Å². The van der Waals surface area contributed by atoms with Gasteiger partial charge in [-0.15, -0.1) is 10.2 Å². The SMILES string of the molecule is CC(C)(C)CC(C)(C)SSc1nnc(-c2ccc(C(C)(C)C)cc2)n1C1CCCCC1. The summed E-state index contributed by atoms with van der Waals surface area (Å²) in [4.78, 5) is 0. The molecule has 1 heterocycles. The van der Waals surface area contributed by atoms with Gasteiger partial charge in [-0.05, 0) is 60.3 Å². The summed E-state index contributed by atoms with van der Waals surface area (Å²) in [6.45, 7) is 18.5. The van der Waals surface area contributed by atoms with Crippen molar-refractivity contribution >= 4 is 21.6 Å². The molecule has 0 aliphatic heterocycles. The van der Waals surface area contributed by atoms with Crippen molar-refractivity contribution in [1.82, 2.24) is 14.8 Å². The predicted molar refractivity (Wildman–Crippen MR) is 138 cm³/mol. The summed E-state index contributed by atoms with van der Waals surface area (Å²) in [5, 5.41) is 10.5. The van der Waals surface area contributed by atoms with Gasteiger partial charge in [0, 0.05) is 16.4 Å². The van der Waals surface area contributed by atoms with E-state index in [9.17, 15) is 0 Å². The van der Waals surface area contributed by atoms with E-state index in [-0.39, 0.29) is 10.2 Å². The summed E-state index contributed by atoms with van der Waals surface area (Å²) in [7, 11) is 3.76. The molecular formula is C26H41N3S2. The fourth-order valence-corrected chi connectivity index (χ4v) is 7.38. The molecular weight excluding hydrogens is 418 g/mol. The van der Waals surface area contributed by atoms with E-state index in [2.05, 4.69) is 84.2 Å². The Morgan fingerprint density at radius 2 is 1.48 bits per heavy atom. The lowest BCUT2D eigenvalue weighted by molar-refractivity contribution is 0.338. The lowest BCUT2D eigenvalue weighted by atomic mass is 9.86. The van der Waals surface area contributed by atoms with Crippen molar-refractivity contribution in [2.45, 2.75) is 115 Å². The lowest BCUT2D eigenvalue weighted by Gasteiger charge is -2.31. The first kappa shape index (κ1) is 24.7. The van der Waals surface area contributed by atoms with Crippen LogP contribution in [0.25, 0.3) is 11.4 Å². The fraction of sp³-hybridized carbons (Fsp3) is 0.692. The second-order valence-corrected chi connectivity index (χ2v) is 14.8. The van der Waals surface area contributed by atoms with E-state index in [1.165, 1.54) is 43.2 Å². The summed E-state index contributed by atoms with van der Waals surface area (Å²) in [5.74, 6) is 1.03. The molecule has 1 saturated carbocycles. The van der Waals surface area contributed by atoms with Gasteiger partial charge >= 0.3 is 0 Å². The highest BCUT2D eigenvalue weighted by molar-refractivity contribution is 8.77. The minimum Gasteiger partial charge on any atom is -0.298 e. The minimum atomic E-state index is 0.159. The maximum Gasteiger partial charge on any atom is 0.202 e. The zero-order chi connectivity index (χ0) is 22.9. The molecule has 0 saturated heterocycles. The van der Waals surface area contributed by atoms with Crippen LogP contribution in [0.5, 0.6) is 0 Å². The van der Waals surface area contributed by atoms with Gasteiger partial charge in [-0.2, -0.15) is 0 Å². The molecule has 0 amide bonds. The highest BCUT2D eigenvalue weighted by atomic mass is 33.1. The molecule has 31 heavy (non-hydrogen) atoms. The Kier molecular flexibility index (Phi) is 7.57. The van der Waals surface area contributed by atoms with Gasteiger partial charge in [-0.25, -0.2) is 0 Å². The monoisotopic (exact) mass is 459 g/mol. The topological polar surface area (TPSA) is 30.7 Å². The summed E-state index contributed by atoms with van der Waals surface area (Å²) in [5.41, 5.74) is 3.01. The Bertz CT molecular complexity index is 848. The van der Waals surface area contributed by atoms with Crippen molar-refractivity contribution < 1.29 is 0 Å². The fourth-order valence-electron chi connectivity index (χ4n) is 4.78. The third-order valence-corrected chi connectivity index (χ3v) is 9.07. The molecule has 172 valence electrons. The van der Waals surface area contributed by atoms with Gasteiger partial charge in [0.15, 0.2) is 5.82 Å². The second kappa shape index (κ2) is 9.51.